The van der Waals surface area contributed by atoms with Gasteiger partial charge in [-0.25, -0.2) is 0 Å². The number of nitrogens with one attached hydrogen (secondary N) is 1. The molecule has 128 valence electrons. The summed E-state index contributed by atoms with van der Waals surface area (Å²) in [7, 11) is 0. The van der Waals surface area contributed by atoms with Crippen molar-refractivity contribution in [2.45, 2.75) is 12.8 Å². The Balaban J connectivity index is 1.77. The van der Waals surface area contributed by atoms with Crippen LogP contribution in [-0.2, 0) is 11.2 Å². The third-order valence-corrected chi connectivity index (χ3v) is 4.36. The summed E-state index contributed by atoms with van der Waals surface area (Å²) in [6.45, 7) is 1.93. The van der Waals surface area contributed by atoms with E-state index in [-0.39, 0.29) is 18.2 Å². The highest BCUT2D eigenvalue weighted by atomic mass is 32.1. The molecular weight excluding hydrogens is 322 g/mol. The normalized spacial score (nSPS) is 10.4. The van der Waals surface area contributed by atoms with E-state index in [0.717, 1.165) is 6.42 Å². The molecule has 1 heterocycles. The van der Waals surface area contributed by atoms with E-state index in [2.05, 4.69) is 5.32 Å². The summed E-state index contributed by atoms with van der Waals surface area (Å²) in [5.74, 6) is -0.124. The Labute approximate surface area is 146 Å². The summed E-state index contributed by atoms with van der Waals surface area (Å²) in [5.41, 5.74) is 7.44. The monoisotopic (exact) mass is 345 g/mol. The molecule has 0 saturated heterocycles. The highest BCUT2D eigenvalue weighted by Crippen LogP contribution is 2.06. The number of nitrogens with two attached hydrogens (primary N) is 1. The number of nitrogens with zero attached hydrogens (tertiary/aromatic N) is 1. The lowest BCUT2D eigenvalue weighted by Crippen LogP contribution is -2.38. The minimum Gasteiger partial charge on any atom is -0.351 e. The second kappa shape index (κ2) is 9.85. The quantitative estimate of drug-likeness (QED) is 0.729. The average Bonchev–Trinajstić information content (AvgIpc) is 3.14. The van der Waals surface area contributed by atoms with Crippen LogP contribution in [0.2, 0.25) is 0 Å². The summed E-state index contributed by atoms with van der Waals surface area (Å²) >= 11 is 1.47. The molecular formula is C18H23N3O2S. The maximum Gasteiger partial charge on any atom is 0.252 e. The Morgan fingerprint density at radius 2 is 1.92 bits per heavy atom. The van der Waals surface area contributed by atoms with Crippen LogP contribution in [0.3, 0.4) is 0 Å². The number of carbonyl (C=O) groups excluding carboxylic acids is 2. The summed E-state index contributed by atoms with van der Waals surface area (Å²) in [6.07, 6.45) is 1.08. The molecule has 1 aromatic heterocycles. The van der Waals surface area contributed by atoms with Gasteiger partial charge in [-0.3, -0.25) is 9.59 Å². The molecule has 5 nitrogen and oxygen atoms in total. The average molecular weight is 345 g/mol. The van der Waals surface area contributed by atoms with E-state index in [1.54, 1.807) is 16.3 Å². The topological polar surface area (TPSA) is 75.4 Å². The predicted octanol–water partition coefficient (Wildman–Crippen LogP) is 1.90. The van der Waals surface area contributed by atoms with Crippen LogP contribution in [0, 0.1) is 0 Å². The van der Waals surface area contributed by atoms with Crippen LogP contribution in [0.25, 0.3) is 0 Å². The Hall–Kier alpha value is -2.18. The lowest BCUT2D eigenvalue weighted by Gasteiger charge is -2.22. The third kappa shape index (κ3) is 5.79. The van der Waals surface area contributed by atoms with Crippen molar-refractivity contribution >= 4 is 23.2 Å². The third-order valence-electron chi connectivity index (χ3n) is 3.67. The molecule has 0 saturated carbocycles. The molecule has 24 heavy (non-hydrogen) atoms. The fourth-order valence-corrected chi connectivity index (χ4v) is 3.00. The molecule has 0 fully saturated rings. The first-order valence-corrected chi connectivity index (χ1v) is 8.97. The number of thiophene rings is 1. The van der Waals surface area contributed by atoms with Crippen LogP contribution in [0.1, 0.15) is 22.3 Å². The molecule has 2 aromatic rings. The molecule has 6 heteroatoms. The summed E-state index contributed by atoms with van der Waals surface area (Å²) in [4.78, 5) is 26.0. The molecule has 0 bridgehead atoms. The van der Waals surface area contributed by atoms with E-state index < -0.39 is 0 Å². The van der Waals surface area contributed by atoms with Gasteiger partial charge in [-0.1, -0.05) is 30.3 Å². The zero-order valence-electron chi connectivity index (χ0n) is 13.6. The molecule has 1 aromatic carbocycles. The highest BCUT2D eigenvalue weighted by molar-refractivity contribution is 7.08. The van der Waals surface area contributed by atoms with Crippen LogP contribution in [0.15, 0.2) is 47.2 Å². The Morgan fingerprint density at radius 3 is 2.58 bits per heavy atom. The number of hydrogen-bond acceptors (Lipinski definition) is 4. The van der Waals surface area contributed by atoms with Gasteiger partial charge < -0.3 is 16.0 Å². The van der Waals surface area contributed by atoms with E-state index in [4.69, 9.17) is 5.73 Å². The van der Waals surface area contributed by atoms with Gasteiger partial charge in [-0.2, -0.15) is 11.3 Å². The van der Waals surface area contributed by atoms with Crippen molar-refractivity contribution in [3.05, 3.63) is 58.3 Å². The van der Waals surface area contributed by atoms with Gasteiger partial charge in [0.15, 0.2) is 0 Å². The van der Waals surface area contributed by atoms with Crippen molar-refractivity contribution in [3.63, 3.8) is 0 Å². The van der Waals surface area contributed by atoms with Gasteiger partial charge in [0.1, 0.15) is 0 Å². The first kappa shape index (κ1) is 18.2. The van der Waals surface area contributed by atoms with Gasteiger partial charge in [-0.15, -0.1) is 0 Å². The highest BCUT2D eigenvalue weighted by Gasteiger charge is 2.13. The predicted molar refractivity (Wildman–Crippen MR) is 97.0 cm³/mol. The minimum absolute atomic E-state index is 0.0157. The standard InChI is InChI=1S/C18H23N3O2S/c19-9-12-21(11-7-15-4-2-1-3-5-15)17(22)6-10-20-18(23)16-8-13-24-14-16/h1-5,8,13-14H,6-7,9-12,19H2,(H,20,23). The second-order valence-corrected chi connectivity index (χ2v) is 6.20. The van der Waals surface area contributed by atoms with Gasteiger partial charge >= 0.3 is 0 Å². The van der Waals surface area contributed by atoms with Crippen LogP contribution < -0.4 is 11.1 Å². The molecule has 0 spiro atoms. The minimum atomic E-state index is -0.140. The first-order valence-electron chi connectivity index (χ1n) is 8.03. The van der Waals surface area contributed by atoms with Crippen molar-refractivity contribution in [1.82, 2.24) is 10.2 Å². The SMILES string of the molecule is NCCN(CCc1ccccc1)C(=O)CCNC(=O)c1ccsc1. The number of carbonyl (C=O) groups is 2. The van der Waals surface area contributed by atoms with Gasteiger partial charge in [-0.05, 0) is 23.4 Å². The Kier molecular flexibility index (Phi) is 7.45. The van der Waals surface area contributed by atoms with E-state index in [9.17, 15) is 9.59 Å². The van der Waals surface area contributed by atoms with Gasteiger partial charge in [0.25, 0.3) is 5.91 Å². The van der Waals surface area contributed by atoms with E-state index >= 15 is 0 Å². The van der Waals surface area contributed by atoms with Gasteiger partial charge in [0.05, 0.1) is 0 Å². The summed E-state index contributed by atoms with van der Waals surface area (Å²) in [5, 5.41) is 6.42. The fraction of sp³-hybridized carbons (Fsp3) is 0.333. The zero-order chi connectivity index (χ0) is 17.2. The lowest BCUT2D eigenvalue weighted by molar-refractivity contribution is -0.130. The number of benzene rings is 1. The molecule has 0 aliphatic rings. The van der Waals surface area contributed by atoms with E-state index in [1.165, 1.54) is 16.9 Å². The number of rotatable bonds is 9. The van der Waals surface area contributed by atoms with Crippen molar-refractivity contribution in [3.8, 4) is 0 Å². The van der Waals surface area contributed by atoms with Crippen LogP contribution >= 0.6 is 11.3 Å². The zero-order valence-corrected chi connectivity index (χ0v) is 14.4. The molecule has 0 aliphatic heterocycles. The molecule has 0 aliphatic carbocycles. The summed E-state index contributed by atoms with van der Waals surface area (Å²) in [6, 6.07) is 11.8. The van der Waals surface area contributed by atoms with Crippen molar-refractivity contribution in [2.24, 2.45) is 5.73 Å². The maximum atomic E-state index is 12.3. The van der Waals surface area contributed by atoms with E-state index in [0.29, 0.717) is 31.7 Å². The molecule has 2 amide bonds. The smallest absolute Gasteiger partial charge is 0.252 e. The van der Waals surface area contributed by atoms with E-state index in [1.807, 2.05) is 35.7 Å². The van der Waals surface area contributed by atoms with Gasteiger partial charge in [0.2, 0.25) is 5.91 Å². The molecule has 0 unspecified atom stereocenters. The summed E-state index contributed by atoms with van der Waals surface area (Å²) < 4.78 is 0. The van der Waals surface area contributed by atoms with Crippen LogP contribution in [0.5, 0.6) is 0 Å². The Bertz CT molecular complexity index is 629. The fourth-order valence-electron chi connectivity index (χ4n) is 2.36. The molecule has 3 N–H and O–H groups in total. The number of amides is 2. The van der Waals surface area contributed by atoms with Crippen LogP contribution in [0.4, 0.5) is 0 Å². The molecule has 0 atom stereocenters. The van der Waals surface area contributed by atoms with Crippen LogP contribution in [-0.4, -0.2) is 42.9 Å². The number of hydrogen-bond donors (Lipinski definition) is 2. The van der Waals surface area contributed by atoms with Gasteiger partial charge in [0, 0.05) is 43.5 Å². The van der Waals surface area contributed by atoms with Crippen molar-refractivity contribution in [1.29, 1.82) is 0 Å². The Morgan fingerprint density at radius 1 is 1.12 bits per heavy atom. The lowest BCUT2D eigenvalue weighted by atomic mass is 10.1. The maximum absolute atomic E-state index is 12.3. The molecule has 0 radical (unpaired) electrons. The second-order valence-electron chi connectivity index (χ2n) is 5.42. The first-order chi connectivity index (χ1) is 11.7. The molecule has 2 rings (SSSR count). The van der Waals surface area contributed by atoms with Crippen molar-refractivity contribution < 1.29 is 9.59 Å². The largest absolute Gasteiger partial charge is 0.351 e. The van der Waals surface area contributed by atoms with Crippen molar-refractivity contribution in [2.75, 3.05) is 26.2 Å².